The van der Waals surface area contributed by atoms with E-state index in [1.807, 2.05) is 48.5 Å². The zero-order chi connectivity index (χ0) is 22.4. The Labute approximate surface area is 183 Å². The summed E-state index contributed by atoms with van der Waals surface area (Å²) in [5.74, 6) is 4.55. The highest BCUT2D eigenvalue weighted by molar-refractivity contribution is 5.72. The number of hydrogen-bond donors (Lipinski definition) is 0. The Morgan fingerprint density at radius 1 is 0.484 bits per heavy atom. The van der Waals surface area contributed by atoms with Crippen molar-refractivity contribution in [2.45, 2.75) is 0 Å². The van der Waals surface area contributed by atoms with E-state index < -0.39 is 0 Å². The average Bonchev–Trinajstić information content (AvgIpc) is 2.84. The molecule has 1 radical (unpaired) electrons. The molecule has 3 rings (SSSR count). The fraction of sp³-hybridized carbons (Fsp3) is 0.240. The van der Waals surface area contributed by atoms with Crippen LogP contribution in [0.4, 0.5) is 0 Å². The van der Waals surface area contributed by atoms with Crippen molar-refractivity contribution in [2.75, 3.05) is 42.7 Å². The maximum Gasteiger partial charge on any atom is 0.203 e. The highest BCUT2D eigenvalue weighted by Gasteiger charge is 2.30. The molecule has 0 unspecified atom stereocenters. The van der Waals surface area contributed by atoms with Crippen LogP contribution in [0.2, 0.25) is 0 Å². The minimum Gasteiger partial charge on any atom is -0.497 e. The molecule has 0 aliphatic carbocycles. The van der Waals surface area contributed by atoms with Gasteiger partial charge in [-0.1, -0.05) is 24.3 Å². The van der Waals surface area contributed by atoms with Crippen molar-refractivity contribution < 1.29 is 28.4 Å². The van der Waals surface area contributed by atoms with Crippen LogP contribution in [-0.4, -0.2) is 42.7 Å². The minimum absolute atomic E-state index is 0.486. The van der Waals surface area contributed by atoms with Crippen LogP contribution in [-0.2, 0) is 0 Å². The Balaban J connectivity index is 2.32. The molecule has 0 spiro atoms. The summed E-state index contributed by atoms with van der Waals surface area (Å²) >= 11 is 0. The molecule has 6 nitrogen and oxygen atoms in total. The van der Waals surface area contributed by atoms with Crippen LogP contribution in [0.1, 0.15) is 16.7 Å². The molecule has 0 bridgehead atoms. The van der Waals surface area contributed by atoms with Gasteiger partial charge in [-0.3, -0.25) is 0 Å². The molecule has 163 valence electrons. The predicted octanol–water partition coefficient (Wildman–Crippen LogP) is 4.76. The Bertz CT molecular complexity index is 949. The zero-order valence-corrected chi connectivity index (χ0v) is 18.6. The van der Waals surface area contributed by atoms with Crippen LogP contribution in [0.25, 0.3) is 0 Å². The first-order valence-electron chi connectivity index (χ1n) is 9.64. The molecular weight excluding hydrogens is 396 g/mol. The van der Waals surface area contributed by atoms with Crippen molar-refractivity contribution in [1.29, 1.82) is 0 Å². The first-order chi connectivity index (χ1) is 15.1. The fourth-order valence-electron chi connectivity index (χ4n) is 3.50. The zero-order valence-electron chi connectivity index (χ0n) is 18.6. The molecule has 6 heteroatoms. The molecule has 0 heterocycles. The lowest BCUT2D eigenvalue weighted by molar-refractivity contribution is 0.316. The number of ether oxygens (including phenoxy) is 6. The van der Waals surface area contributed by atoms with Crippen molar-refractivity contribution >= 4 is 0 Å². The Morgan fingerprint density at radius 2 is 0.935 bits per heavy atom. The molecule has 0 fully saturated rings. The predicted molar refractivity (Wildman–Crippen MR) is 119 cm³/mol. The molecule has 0 saturated heterocycles. The van der Waals surface area contributed by atoms with Gasteiger partial charge in [0.15, 0.2) is 11.5 Å². The largest absolute Gasteiger partial charge is 0.497 e. The van der Waals surface area contributed by atoms with Gasteiger partial charge in [-0.15, -0.1) is 0 Å². The van der Waals surface area contributed by atoms with Gasteiger partial charge in [0.25, 0.3) is 0 Å². The van der Waals surface area contributed by atoms with Crippen molar-refractivity contribution in [3.8, 4) is 34.5 Å². The third-order valence-corrected chi connectivity index (χ3v) is 5.02. The Morgan fingerprint density at radius 3 is 1.29 bits per heavy atom. The molecule has 0 aromatic heterocycles. The van der Waals surface area contributed by atoms with E-state index in [0.717, 1.165) is 34.1 Å². The fourth-order valence-corrected chi connectivity index (χ4v) is 3.50. The van der Waals surface area contributed by atoms with Crippen LogP contribution in [0, 0.1) is 5.92 Å². The van der Waals surface area contributed by atoms with E-state index in [4.69, 9.17) is 28.4 Å². The molecule has 0 aliphatic heterocycles. The highest BCUT2D eigenvalue weighted by atomic mass is 16.5. The van der Waals surface area contributed by atoms with Crippen LogP contribution in [0.5, 0.6) is 34.5 Å². The molecule has 31 heavy (non-hydrogen) atoms. The van der Waals surface area contributed by atoms with Crippen LogP contribution in [0.3, 0.4) is 0 Å². The second-order valence-electron chi connectivity index (χ2n) is 6.55. The molecule has 3 aromatic carbocycles. The van der Waals surface area contributed by atoms with Crippen LogP contribution >= 0.6 is 0 Å². The highest BCUT2D eigenvalue weighted by Crippen LogP contribution is 2.51. The van der Waals surface area contributed by atoms with E-state index in [1.54, 1.807) is 48.7 Å². The summed E-state index contributed by atoms with van der Waals surface area (Å²) in [4.78, 5) is 0. The van der Waals surface area contributed by atoms with Gasteiger partial charge < -0.3 is 28.4 Å². The maximum atomic E-state index is 5.81. The summed E-state index contributed by atoms with van der Waals surface area (Å²) < 4.78 is 33.4. The van der Waals surface area contributed by atoms with E-state index >= 15 is 0 Å². The van der Waals surface area contributed by atoms with Gasteiger partial charge in [-0.25, -0.2) is 0 Å². The number of hydrogen-bond acceptors (Lipinski definition) is 6. The van der Waals surface area contributed by atoms with Gasteiger partial charge >= 0.3 is 0 Å². The Hall–Kier alpha value is -3.54. The van der Waals surface area contributed by atoms with Crippen LogP contribution in [0.15, 0.2) is 54.6 Å². The first kappa shape index (κ1) is 22.2. The van der Waals surface area contributed by atoms with Gasteiger partial charge in [-0.05, 0) is 35.4 Å². The molecule has 0 aliphatic rings. The van der Waals surface area contributed by atoms with Gasteiger partial charge in [0, 0.05) is 6.07 Å². The number of rotatable bonds is 9. The summed E-state index contributed by atoms with van der Waals surface area (Å²) in [6.07, 6.45) is 0. The SMILES string of the molecule is COc1ccc([C](c2ccc(OC)cc2)c2c(OC)cc(OC)c(OC)c2OC)cc1. The van der Waals surface area contributed by atoms with E-state index in [-0.39, 0.29) is 0 Å². The van der Waals surface area contributed by atoms with Gasteiger partial charge in [0.05, 0.1) is 54.1 Å². The average molecular weight is 423 g/mol. The van der Waals surface area contributed by atoms with E-state index in [2.05, 4.69) is 0 Å². The lowest BCUT2D eigenvalue weighted by atomic mass is 9.83. The van der Waals surface area contributed by atoms with Crippen molar-refractivity contribution in [1.82, 2.24) is 0 Å². The van der Waals surface area contributed by atoms with Gasteiger partial charge in [0.1, 0.15) is 17.2 Å². The third-order valence-electron chi connectivity index (χ3n) is 5.02. The van der Waals surface area contributed by atoms with Crippen molar-refractivity contribution in [3.05, 3.63) is 77.2 Å². The molecular formula is C25H27O6. The van der Waals surface area contributed by atoms with Crippen molar-refractivity contribution in [2.24, 2.45) is 0 Å². The first-order valence-corrected chi connectivity index (χ1v) is 9.64. The van der Waals surface area contributed by atoms with E-state index in [9.17, 15) is 0 Å². The summed E-state index contributed by atoms with van der Waals surface area (Å²) in [6, 6.07) is 17.4. The summed E-state index contributed by atoms with van der Waals surface area (Å²) in [5, 5.41) is 0. The Kier molecular flexibility index (Phi) is 7.13. The monoisotopic (exact) mass is 423 g/mol. The van der Waals surface area contributed by atoms with Crippen molar-refractivity contribution in [3.63, 3.8) is 0 Å². The lowest BCUT2D eigenvalue weighted by Gasteiger charge is -2.25. The van der Waals surface area contributed by atoms with Crippen LogP contribution < -0.4 is 28.4 Å². The standard InChI is InChI=1S/C25H27O6/c1-26-18-11-7-16(8-12-18)22(17-9-13-19(27-2)14-10-17)23-20(28-3)15-21(29-4)24(30-5)25(23)31-6/h7-15H,1-6H3. The summed E-state index contributed by atoms with van der Waals surface area (Å²) in [5.41, 5.74) is 2.66. The lowest BCUT2D eigenvalue weighted by Crippen LogP contribution is -2.10. The maximum absolute atomic E-state index is 5.81. The second-order valence-corrected chi connectivity index (χ2v) is 6.55. The van der Waals surface area contributed by atoms with E-state index in [1.165, 1.54) is 0 Å². The smallest absolute Gasteiger partial charge is 0.203 e. The molecule has 0 atom stereocenters. The quantitative estimate of drug-likeness (QED) is 0.463. The summed E-state index contributed by atoms with van der Waals surface area (Å²) in [7, 11) is 9.65. The normalized spacial score (nSPS) is 10.5. The summed E-state index contributed by atoms with van der Waals surface area (Å²) in [6.45, 7) is 0. The third kappa shape index (κ3) is 4.33. The molecule has 0 amide bonds. The van der Waals surface area contributed by atoms with E-state index in [0.29, 0.717) is 23.0 Å². The molecule has 3 aromatic rings. The number of benzene rings is 3. The molecule has 0 saturated carbocycles. The topological polar surface area (TPSA) is 55.4 Å². The molecule has 0 N–H and O–H groups in total. The number of methoxy groups -OCH3 is 6. The van der Waals surface area contributed by atoms with Gasteiger partial charge in [-0.2, -0.15) is 0 Å². The second kappa shape index (κ2) is 9.98. The minimum atomic E-state index is 0.486. The van der Waals surface area contributed by atoms with Gasteiger partial charge in [0.2, 0.25) is 5.75 Å².